The van der Waals surface area contributed by atoms with E-state index in [1.807, 2.05) is 0 Å². The Bertz CT molecular complexity index is 364. The third-order valence-corrected chi connectivity index (χ3v) is 4.26. The molecule has 2 nitrogen and oxygen atoms in total. The Balaban J connectivity index is 1.64. The van der Waals surface area contributed by atoms with Gasteiger partial charge < -0.3 is 5.11 Å². The summed E-state index contributed by atoms with van der Waals surface area (Å²) in [4.78, 5) is 2.50. The van der Waals surface area contributed by atoms with Gasteiger partial charge in [0.1, 0.15) is 0 Å². The first-order chi connectivity index (χ1) is 7.82. The molecule has 2 atom stereocenters. The van der Waals surface area contributed by atoms with Crippen LogP contribution in [0.25, 0.3) is 0 Å². The van der Waals surface area contributed by atoms with Crippen LogP contribution < -0.4 is 0 Å². The minimum absolute atomic E-state index is 0.271. The Hall–Kier alpha value is -0.860. The second kappa shape index (κ2) is 3.86. The van der Waals surface area contributed by atoms with Gasteiger partial charge in [0.25, 0.3) is 0 Å². The van der Waals surface area contributed by atoms with Gasteiger partial charge in [-0.3, -0.25) is 4.90 Å². The SMILES string of the molecule is OC[C@@]12C[C@@H]1CCN(Cc1ccccc1)C2. The third-order valence-electron chi connectivity index (χ3n) is 4.26. The quantitative estimate of drug-likeness (QED) is 0.835. The Morgan fingerprint density at radius 2 is 2.12 bits per heavy atom. The van der Waals surface area contributed by atoms with Crippen LogP contribution in [0.1, 0.15) is 18.4 Å². The van der Waals surface area contributed by atoms with Crippen molar-refractivity contribution >= 4 is 0 Å². The lowest BCUT2D eigenvalue weighted by molar-refractivity contribution is 0.102. The molecule has 1 aromatic carbocycles. The summed E-state index contributed by atoms with van der Waals surface area (Å²) in [6.45, 7) is 3.70. The van der Waals surface area contributed by atoms with Gasteiger partial charge in [-0.1, -0.05) is 30.3 Å². The van der Waals surface area contributed by atoms with Crippen LogP contribution in [0.4, 0.5) is 0 Å². The smallest absolute Gasteiger partial charge is 0.0502 e. The van der Waals surface area contributed by atoms with Crippen LogP contribution in [-0.2, 0) is 6.54 Å². The van der Waals surface area contributed by atoms with Gasteiger partial charge in [0.2, 0.25) is 0 Å². The van der Waals surface area contributed by atoms with E-state index in [9.17, 15) is 5.11 Å². The van der Waals surface area contributed by atoms with E-state index in [0.717, 1.165) is 19.0 Å². The fourth-order valence-electron chi connectivity index (χ4n) is 3.12. The number of piperidine rings is 1. The first-order valence-corrected chi connectivity index (χ1v) is 6.19. The number of hydrogen-bond donors (Lipinski definition) is 1. The van der Waals surface area contributed by atoms with Crippen LogP contribution in [0, 0.1) is 11.3 Å². The predicted molar refractivity (Wildman–Crippen MR) is 64.0 cm³/mol. The molecule has 2 aliphatic rings. The topological polar surface area (TPSA) is 23.5 Å². The van der Waals surface area contributed by atoms with Crippen LogP contribution >= 0.6 is 0 Å². The van der Waals surface area contributed by atoms with Crippen molar-refractivity contribution in [2.75, 3.05) is 19.7 Å². The molecule has 1 heterocycles. The first-order valence-electron chi connectivity index (χ1n) is 6.19. The maximum absolute atomic E-state index is 9.45. The highest BCUT2D eigenvalue weighted by atomic mass is 16.3. The molecule has 0 spiro atoms. The molecule has 0 unspecified atom stereocenters. The molecule has 0 amide bonds. The molecule has 1 aromatic rings. The van der Waals surface area contributed by atoms with E-state index in [1.54, 1.807) is 0 Å². The normalized spacial score (nSPS) is 33.4. The van der Waals surface area contributed by atoms with Crippen molar-refractivity contribution in [2.45, 2.75) is 19.4 Å². The number of aliphatic hydroxyl groups excluding tert-OH is 1. The van der Waals surface area contributed by atoms with Crippen molar-refractivity contribution in [3.8, 4) is 0 Å². The molecule has 3 rings (SSSR count). The minimum Gasteiger partial charge on any atom is -0.396 e. The monoisotopic (exact) mass is 217 g/mol. The van der Waals surface area contributed by atoms with Gasteiger partial charge in [-0.15, -0.1) is 0 Å². The Morgan fingerprint density at radius 3 is 2.88 bits per heavy atom. The number of hydrogen-bond acceptors (Lipinski definition) is 2. The molecule has 86 valence electrons. The summed E-state index contributed by atoms with van der Waals surface area (Å²) in [6.07, 6.45) is 2.52. The summed E-state index contributed by atoms with van der Waals surface area (Å²) in [5.74, 6) is 0.810. The number of fused-ring (bicyclic) bond motifs is 1. The van der Waals surface area contributed by atoms with Gasteiger partial charge in [-0.2, -0.15) is 0 Å². The van der Waals surface area contributed by atoms with Crippen molar-refractivity contribution in [2.24, 2.45) is 11.3 Å². The number of benzene rings is 1. The number of likely N-dealkylation sites (tertiary alicyclic amines) is 1. The van der Waals surface area contributed by atoms with Gasteiger partial charge in [-0.25, -0.2) is 0 Å². The first kappa shape index (κ1) is 10.3. The Morgan fingerprint density at radius 1 is 1.31 bits per heavy atom. The lowest BCUT2D eigenvalue weighted by atomic mass is 9.98. The maximum atomic E-state index is 9.45. The van der Waals surface area contributed by atoms with Gasteiger partial charge in [0, 0.05) is 18.5 Å². The molecule has 2 fully saturated rings. The largest absolute Gasteiger partial charge is 0.396 e. The molecule has 1 aliphatic heterocycles. The second-order valence-electron chi connectivity index (χ2n) is 5.41. The summed E-state index contributed by atoms with van der Waals surface area (Å²) < 4.78 is 0. The summed E-state index contributed by atoms with van der Waals surface area (Å²) in [5, 5.41) is 9.45. The number of nitrogens with zero attached hydrogens (tertiary/aromatic N) is 1. The van der Waals surface area contributed by atoms with Crippen LogP contribution in [-0.4, -0.2) is 29.7 Å². The van der Waals surface area contributed by atoms with Crippen molar-refractivity contribution < 1.29 is 5.11 Å². The zero-order chi connectivity index (χ0) is 11.0. The van der Waals surface area contributed by atoms with Gasteiger partial charge >= 0.3 is 0 Å². The van der Waals surface area contributed by atoms with Crippen molar-refractivity contribution in [3.05, 3.63) is 35.9 Å². The van der Waals surface area contributed by atoms with E-state index in [0.29, 0.717) is 6.61 Å². The zero-order valence-corrected chi connectivity index (χ0v) is 9.60. The number of aliphatic hydroxyl groups is 1. The zero-order valence-electron chi connectivity index (χ0n) is 9.60. The Kier molecular flexibility index (Phi) is 2.49. The molecule has 1 N–H and O–H groups in total. The second-order valence-corrected chi connectivity index (χ2v) is 5.41. The maximum Gasteiger partial charge on any atom is 0.0502 e. The van der Waals surface area contributed by atoms with E-state index in [1.165, 1.54) is 24.9 Å². The molecular formula is C14H19NO. The highest BCUT2D eigenvalue weighted by molar-refractivity contribution is 5.15. The fourth-order valence-corrected chi connectivity index (χ4v) is 3.12. The van der Waals surface area contributed by atoms with Crippen molar-refractivity contribution in [3.63, 3.8) is 0 Å². The highest BCUT2D eigenvalue weighted by Gasteiger charge is 2.55. The highest BCUT2D eigenvalue weighted by Crippen LogP contribution is 2.56. The van der Waals surface area contributed by atoms with E-state index in [2.05, 4.69) is 35.2 Å². The molecule has 0 radical (unpaired) electrons. The number of rotatable bonds is 3. The molecule has 1 saturated carbocycles. The molecule has 1 saturated heterocycles. The fraction of sp³-hybridized carbons (Fsp3) is 0.571. The third kappa shape index (κ3) is 1.76. The molecule has 2 heteroatoms. The van der Waals surface area contributed by atoms with E-state index in [-0.39, 0.29) is 5.41 Å². The van der Waals surface area contributed by atoms with E-state index < -0.39 is 0 Å². The minimum atomic E-state index is 0.271. The van der Waals surface area contributed by atoms with E-state index >= 15 is 0 Å². The molecule has 0 aromatic heterocycles. The Labute approximate surface area is 96.9 Å². The van der Waals surface area contributed by atoms with E-state index in [4.69, 9.17) is 0 Å². The van der Waals surface area contributed by atoms with Gasteiger partial charge in [-0.05, 0) is 30.9 Å². The summed E-state index contributed by atoms with van der Waals surface area (Å²) in [7, 11) is 0. The average molecular weight is 217 g/mol. The molecule has 1 aliphatic carbocycles. The predicted octanol–water partition coefficient (Wildman–Crippen LogP) is 1.89. The summed E-state index contributed by atoms with van der Waals surface area (Å²) >= 11 is 0. The van der Waals surface area contributed by atoms with Gasteiger partial charge in [0.15, 0.2) is 0 Å². The van der Waals surface area contributed by atoms with Crippen molar-refractivity contribution in [1.29, 1.82) is 0 Å². The molecule has 0 bridgehead atoms. The van der Waals surface area contributed by atoms with Crippen LogP contribution in [0.5, 0.6) is 0 Å². The average Bonchev–Trinajstić information content (AvgIpc) is 3.05. The van der Waals surface area contributed by atoms with Gasteiger partial charge in [0.05, 0.1) is 6.61 Å². The lowest BCUT2D eigenvalue weighted by Gasteiger charge is -2.31. The lowest BCUT2D eigenvalue weighted by Crippen LogP contribution is -2.37. The summed E-state index contributed by atoms with van der Waals surface area (Å²) in [5.41, 5.74) is 1.65. The molecular weight excluding hydrogens is 198 g/mol. The van der Waals surface area contributed by atoms with Crippen LogP contribution in [0.2, 0.25) is 0 Å². The summed E-state index contributed by atoms with van der Waals surface area (Å²) in [6, 6.07) is 10.6. The van der Waals surface area contributed by atoms with Crippen molar-refractivity contribution in [1.82, 2.24) is 4.90 Å². The standard InChI is InChI=1S/C14H19NO/c16-11-14-8-13(14)6-7-15(10-14)9-12-4-2-1-3-5-12/h1-5,13,16H,6-11H2/t13-,14-/m0/s1. The van der Waals surface area contributed by atoms with Crippen LogP contribution in [0.15, 0.2) is 30.3 Å². The van der Waals surface area contributed by atoms with Crippen LogP contribution in [0.3, 0.4) is 0 Å². The molecule has 16 heavy (non-hydrogen) atoms.